The SMILES string of the molecule is Cc1ccc(C(O)=C2C(=O)C(=O)N(Cc3cccnc3)[C@H]2c2ccc(C(C)C)cc2)cc1F. The zero-order chi connectivity index (χ0) is 23.7. The average Bonchev–Trinajstić information content (AvgIpc) is 3.06. The number of ketones is 1. The van der Waals surface area contributed by atoms with Gasteiger partial charge in [0.25, 0.3) is 11.7 Å². The van der Waals surface area contributed by atoms with Gasteiger partial charge in [0.05, 0.1) is 11.6 Å². The van der Waals surface area contributed by atoms with E-state index < -0.39 is 23.5 Å². The van der Waals surface area contributed by atoms with E-state index in [1.165, 1.54) is 17.0 Å². The van der Waals surface area contributed by atoms with Gasteiger partial charge in [-0.05, 0) is 47.2 Å². The molecule has 2 aromatic carbocycles. The van der Waals surface area contributed by atoms with Gasteiger partial charge in [0.2, 0.25) is 0 Å². The number of benzene rings is 2. The van der Waals surface area contributed by atoms with Crippen LogP contribution in [0.1, 0.15) is 53.6 Å². The first-order valence-corrected chi connectivity index (χ1v) is 10.8. The summed E-state index contributed by atoms with van der Waals surface area (Å²) < 4.78 is 14.2. The number of likely N-dealkylation sites (tertiary alicyclic amines) is 1. The van der Waals surface area contributed by atoms with Crippen molar-refractivity contribution in [2.45, 2.75) is 39.3 Å². The summed E-state index contributed by atoms with van der Waals surface area (Å²) in [5.74, 6) is -2.09. The summed E-state index contributed by atoms with van der Waals surface area (Å²) >= 11 is 0. The molecule has 168 valence electrons. The molecule has 1 saturated heterocycles. The molecule has 0 aliphatic carbocycles. The van der Waals surface area contributed by atoms with Gasteiger partial charge in [-0.1, -0.05) is 56.3 Å². The Labute approximate surface area is 192 Å². The molecule has 3 aromatic rings. The van der Waals surface area contributed by atoms with Crippen LogP contribution in [0.25, 0.3) is 5.76 Å². The number of halogens is 1. The first-order valence-electron chi connectivity index (χ1n) is 10.8. The maximum absolute atomic E-state index is 14.2. The molecule has 1 N–H and O–H groups in total. The number of pyridine rings is 1. The topological polar surface area (TPSA) is 70.5 Å². The van der Waals surface area contributed by atoms with Crippen molar-refractivity contribution in [2.75, 3.05) is 0 Å². The average molecular weight is 445 g/mol. The number of Topliss-reactive ketones (excluding diaryl/α,β-unsaturated/α-hetero) is 1. The van der Waals surface area contributed by atoms with E-state index in [0.717, 1.165) is 11.1 Å². The van der Waals surface area contributed by atoms with E-state index in [1.54, 1.807) is 31.5 Å². The van der Waals surface area contributed by atoms with Crippen LogP contribution in [-0.4, -0.2) is 26.7 Å². The smallest absolute Gasteiger partial charge is 0.295 e. The van der Waals surface area contributed by atoms with E-state index in [1.807, 2.05) is 30.3 Å². The van der Waals surface area contributed by atoms with Gasteiger partial charge >= 0.3 is 0 Å². The van der Waals surface area contributed by atoms with E-state index in [9.17, 15) is 19.1 Å². The third-order valence-electron chi connectivity index (χ3n) is 5.98. The lowest BCUT2D eigenvalue weighted by Gasteiger charge is -2.25. The minimum atomic E-state index is -0.809. The molecule has 6 heteroatoms. The molecule has 0 spiro atoms. The van der Waals surface area contributed by atoms with Crippen molar-refractivity contribution in [3.8, 4) is 0 Å². The summed E-state index contributed by atoms with van der Waals surface area (Å²) in [5, 5.41) is 11.1. The number of amides is 1. The highest BCUT2D eigenvalue weighted by Crippen LogP contribution is 2.40. The maximum Gasteiger partial charge on any atom is 0.295 e. The summed E-state index contributed by atoms with van der Waals surface area (Å²) in [7, 11) is 0. The van der Waals surface area contributed by atoms with E-state index in [-0.39, 0.29) is 23.4 Å². The molecule has 1 amide bonds. The zero-order valence-corrected chi connectivity index (χ0v) is 18.7. The second-order valence-electron chi connectivity index (χ2n) is 8.57. The Morgan fingerprint density at radius 3 is 2.45 bits per heavy atom. The van der Waals surface area contributed by atoms with Gasteiger partial charge in [-0.25, -0.2) is 4.39 Å². The molecule has 1 aromatic heterocycles. The van der Waals surface area contributed by atoms with Crippen molar-refractivity contribution >= 4 is 17.4 Å². The first-order chi connectivity index (χ1) is 15.8. The van der Waals surface area contributed by atoms with E-state index in [0.29, 0.717) is 17.0 Å². The van der Waals surface area contributed by atoms with Crippen LogP contribution in [-0.2, 0) is 16.1 Å². The maximum atomic E-state index is 14.2. The van der Waals surface area contributed by atoms with Crippen LogP contribution in [0.2, 0.25) is 0 Å². The minimum Gasteiger partial charge on any atom is -0.507 e. The van der Waals surface area contributed by atoms with Crippen molar-refractivity contribution in [3.05, 3.63) is 106 Å². The number of rotatable bonds is 5. The third-order valence-corrected chi connectivity index (χ3v) is 5.98. The fourth-order valence-corrected chi connectivity index (χ4v) is 4.04. The molecule has 1 aliphatic rings. The Morgan fingerprint density at radius 2 is 1.85 bits per heavy atom. The summed E-state index contributed by atoms with van der Waals surface area (Å²) in [4.78, 5) is 31.7. The van der Waals surface area contributed by atoms with Crippen LogP contribution in [0.3, 0.4) is 0 Å². The van der Waals surface area contributed by atoms with E-state index in [2.05, 4.69) is 18.8 Å². The lowest BCUT2D eigenvalue weighted by Crippen LogP contribution is -2.29. The molecule has 0 saturated carbocycles. The monoisotopic (exact) mass is 444 g/mol. The van der Waals surface area contributed by atoms with Gasteiger partial charge in [0.1, 0.15) is 11.6 Å². The Hall–Kier alpha value is -3.80. The fraction of sp³-hybridized carbons (Fsp3) is 0.222. The predicted octanol–water partition coefficient (Wildman–Crippen LogP) is 5.27. The van der Waals surface area contributed by atoms with Crippen LogP contribution in [0.4, 0.5) is 4.39 Å². The van der Waals surface area contributed by atoms with Gasteiger partial charge in [-0.2, -0.15) is 0 Å². The third kappa shape index (κ3) is 4.29. The van der Waals surface area contributed by atoms with Crippen LogP contribution >= 0.6 is 0 Å². The standard InChI is InChI=1S/C27H25FN2O3/c1-16(2)19-8-10-20(11-9-19)24-23(25(31)21-7-6-17(3)22(28)13-21)26(32)27(33)30(24)15-18-5-4-12-29-14-18/h4-14,16,24,31H,15H2,1-3H3/t24-/m0/s1. The Bertz CT molecular complexity index is 1230. The molecule has 33 heavy (non-hydrogen) atoms. The fourth-order valence-electron chi connectivity index (χ4n) is 4.04. The van der Waals surface area contributed by atoms with Gasteiger partial charge in [-0.15, -0.1) is 0 Å². The van der Waals surface area contributed by atoms with Crippen LogP contribution in [0, 0.1) is 12.7 Å². The predicted molar refractivity (Wildman–Crippen MR) is 124 cm³/mol. The minimum absolute atomic E-state index is 0.0514. The molecule has 2 heterocycles. The highest BCUT2D eigenvalue weighted by Gasteiger charge is 2.46. The number of aliphatic hydroxyl groups excluding tert-OH is 1. The summed E-state index contributed by atoms with van der Waals surface area (Å²) in [5.41, 5.74) is 3.08. The number of hydrogen-bond acceptors (Lipinski definition) is 4. The molecule has 1 fully saturated rings. The Morgan fingerprint density at radius 1 is 1.12 bits per heavy atom. The van der Waals surface area contributed by atoms with Gasteiger partial charge < -0.3 is 10.0 Å². The number of aromatic nitrogens is 1. The number of aryl methyl sites for hydroxylation is 1. The summed E-state index contributed by atoms with van der Waals surface area (Å²) in [6.07, 6.45) is 3.26. The second kappa shape index (κ2) is 8.98. The van der Waals surface area contributed by atoms with Gasteiger partial charge in [0, 0.05) is 24.5 Å². The zero-order valence-electron chi connectivity index (χ0n) is 18.7. The largest absolute Gasteiger partial charge is 0.507 e. The highest BCUT2D eigenvalue weighted by molar-refractivity contribution is 6.46. The molecule has 1 aliphatic heterocycles. The lowest BCUT2D eigenvalue weighted by atomic mass is 9.93. The Kier molecular flexibility index (Phi) is 6.09. The Balaban J connectivity index is 1.86. The van der Waals surface area contributed by atoms with Crippen LogP contribution in [0.15, 0.2) is 72.6 Å². The highest BCUT2D eigenvalue weighted by atomic mass is 19.1. The lowest BCUT2D eigenvalue weighted by molar-refractivity contribution is -0.140. The molecule has 0 bridgehead atoms. The van der Waals surface area contributed by atoms with Crippen molar-refractivity contribution in [2.24, 2.45) is 0 Å². The van der Waals surface area contributed by atoms with Gasteiger partial charge in [-0.3, -0.25) is 14.6 Å². The van der Waals surface area contributed by atoms with Crippen LogP contribution < -0.4 is 0 Å². The number of carbonyl (C=O) groups is 2. The van der Waals surface area contributed by atoms with E-state index in [4.69, 9.17) is 0 Å². The molecule has 5 nitrogen and oxygen atoms in total. The second-order valence-corrected chi connectivity index (χ2v) is 8.57. The molecule has 0 unspecified atom stereocenters. The summed E-state index contributed by atoms with van der Waals surface area (Å²) in [6, 6.07) is 14.7. The normalized spacial score (nSPS) is 17.7. The van der Waals surface area contributed by atoms with Crippen molar-refractivity contribution < 1.29 is 19.1 Å². The first kappa shape index (κ1) is 22.4. The van der Waals surface area contributed by atoms with Crippen molar-refractivity contribution in [1.82, 2.24) is 9.88 Å². The number of nitrogens with zero attached hydrogens (tertiary/aromatic N) is 2. The molecular formula is C27H25FN2O3. The van der Waals surface area contributed by atoms with E-state index >= 15 is 0 Å². The molecular weight excluding hydrogens is 419 g/mol. The number of carbonyl (C=O) groups excluding carboxylic acids is 2. The van der Waals surface area contributed by atoms with Crippen molar-refractivity contribution in [1.29, 1.82) is 0 Å². The molecule has 0 radical (unpaired) electrons. The summed E-state index contributed by atoms with van der Waals surface area (Å²) in [6.45, 7) is 5.92. The quantitative estimate of drug-likeness (QED) is 0.330. The number of aliphatic hydroxyl groups is 1. The number of hydrogen-bond donors (Lipinski definition) is 1. The van der Waals surface area contributed by atoms with Gasteiger partial charge in [0.15, 0.2) is 0 Å². The molecule has 1 atom stereocenters. The van der Waals surface area contributed by atoms with Crippen LogP contribution in [0.5, 0.6) is 0 Å². The van der Waals surface area contributed by atoms with Crippen molar-refractivity contribution in [3.63, 3.8) is 0 Å². The molecule has 4 rings (SSSR count).